The molecule has 3 heteroatoms. The first-order valence-corrected chi connectivity index (χ1v) is 6.50. The number of rotatable bonds is 3. The SMILES string of the molecule is COc1c(C)cc([C@H](N)c2ccsc2)cc1C. The third-order valence-electron chi connectivity index (χ3n) is 2.95. The standard InChI is InChI=1S/C14H17NOS/c1-9-6-12(7-10(2)14(9)16-3)13(15)11-4-5-17-8-11/h4-8,13H,15H2,1-3H3/t13-/m1/s1. The summed E-state index contributed by atoms with van der Waals surface area (Å²) in [6.07, 6.45) is 0. The largest absolute Gasteiger partial charge is 0.496 e. The van der Waals surface area contributed by atoms with Crippen LogP contribution in [0.25, 0.3) is 0 Å². The molecule has 0 saturated carbocycles. The molecule has 17 heavy (non-hydrogen) atoms. The smallest absolute Gasteiger partial charge is 0.124 e. The molecule has 2 N–H and O–H groups in total. The molecule has 0 saturated heterocycles. The van der Waals surface area contributed by atoms with Gasteiger partial charge in [0.25, 0.3) is 0 Å². The molecule has 0 amide bonds. The van der Waals surface area contributed by atoms with Crippen molar-refractivity contribution in [2.75, 3.05) is 7.11 Å². The van der Waals surface area contributed by atoms with Crippen LogP contribution in [0.1, 0.15) is 28.3 Å². The van der Waals surface area contributed by atoms with Crippen molar-refractivity contribution in [2.24, 2.45) is 5.73 Å². The molecule has 1 heterocycles. The molecule has 1 aromatic carbocycles. The average Bonchev–Trinajstić information content (AvgIpc) is 2.81. The quantitative estimate of drug-likeness (QED) is 0.902. The van der Waals surface area contributed by atoms with Gasteiger partial charge in [0, 0.05) is 0 Å². The summed E-state index contributed by atoms with van der Waals surface area (Å²) in [5.74, 6) is 0.950. The topological polar surface area (TPSA) is 35.2 Å². The van der Waals surface area contributed by atoms with Gasteiger partial charge in [-0.1, -0.05) is 12.1 Å². The van der Waals surface area contributed by atoms with Gasteiger partial charge in [0.1, 0.15) is 5.75 Å². The van der Waals surface area contributed by atoms with Crippen LogP contribution < -0.4 is 10.5 Å². The summed E-state index contributed by atoms with van der Waals surface area (Å²) in [7, 11) is 1.70. The minimum atomic E-state index is -0.0513. The molecule has 1 atom stereocenters. The van der Waals surface area contributed by atoms with E-state index in [-0.39, 0.29) is 6.04 Å². The summed E-state index contributed by atoms with van der Waals surface area (Å²) in [6, 6.07) is 6.23. The molecule has 0 unspecified atom stereocenters. The molecule has 1 aromatic heterocycles. The van der Waals surface area contributed by atoms with E-state index in [1.54, 1.807) is 18.4 Å². The fourth-order valence-electron chi connectivity index (χ4n) is 2.13. The fourth-order valence-corrected chi connectivity index (χ4v) is 2.83. The lowest BCUT2D eigenvalue weighted by Gasteiger charge is -2.15. The molecular formula is C14H17NOS. The Morgan fingerprint density at radius 2 is 1.82 bits per heavy atom. The van der Waals surface area contributed by atoms with E-state index in [9.17, 15) is 0 Å². The Morgan fingerprint density at radius 1 is 1.18 bits per heavy atom. The number of hydrogen-bond acceptors (Lipinski definition) is 3. The summed E-state index contributed by atoms with van der Waals surface area (Å²) in [5.41, 5.74) is 10.8. The zero-order valence-corrected chi connectivity index (χ0v) is 11.2. The number of nitrogens with two attached hydrogens (primary N) is 1. The van der Waals surface area contributed by atoms with Crippen molar-refractivity contribution in [3.05, 3.63) is 51.2 Å². The van der Waals surface area contributed by atoms with E-state index in [2.05, 4.69) is 42.8 Å². The molecule has 2 aromatic rings. The van der Waals surface area contributed by atoms with Gasteiger partial charge in [0.15, 0.2) is 0 Å². The van der Waals surface area contributed by atoms with E-state index < -0.39 is 0 Å². The molecule has 2 nitrogen and oxygen atoms in total. The van der Waals surface area contributed by atoms with Gasteiger partial charge in [0.2, 0.25) is 0 Å². The van der Waals surface area contributed by atoms with Gasteiger partial charge in [-0.2, -0.15) is 11.3 Å². The second kappa shape index (κ2) is 4.90. The highest BCUT2D eigenvalue weighted by Crippen LogP contribution is 2.29. The van der Waals surface area contributed by atoms with E-state index in [4.69, 9.17) is 10.5 Å². The summed E-state index contributed by atoms with van der Waals surface area (Å²) in [5, 5.41) is 4.15. The fraction of sp³-hybridized carbons (Fsp3) is 0.286. The summed E-state index contributed by atoms with van der Waals surface area (Å²) in [4.78, 5) is 0. The zero-order chi connectivity index (χ0) is 12.4. The van der Waals surface area contributed by atoms with Gasteiger partial charge in [-0.15, -0.1) is 0 Å². The normalized spacial score (nSPS) is 12.5. The summed E-state index contributed by atoms with van der Waals surface area (Å²) >= 11 is 1.67. The molecule has 0 radical (unpaired) electrons. The molecule has 0 aliphatic heterocycles. The van der Waals surface area contributed by atoms with Gasteiger partial charge >= 0.3 is 0 Å². The highest BCUT2D eigenvalue weighted by atomic mass is 32.1. The Kier molecular flexibility index (Phi) is 3.50. The van der Waals surface area contributed by atoms with Crippen molar-refractivity contribution in [1.29, 1.82) is 0 Å². The Bertz CT molecular complexity index is 482. The Labute approximate surface area is 106 Å². The number of aryl methyl sites for hydroxylation is 2. The first-order chi connectivity index (χ1) is 8.13. The van der Waals surface area contributed by atoms with E-state index >= 15 is 0 Å². The van der Waals surface area contributed by atoms with E-state index in [0.717, 1.165) is 22.4 Å². The van der Waals surface area contributed by atoms with Crippen LogP contribution >= 0.6 is 11.3 Å². The van der Waals surface area contributed by atoms with Crippen LogP contribution in [0.15, 0.2) is 29.0 Å². The van der Waals surface area contributed by atoms with Crippen molar-refractivity contribution < 1.29 is 4.74 Å². The number of hydrogen-bond donors (Lipinski definition) is 1. The molecule has 90 valence electrons. The van der Waals surface area contributed by atoms with Gasteiger partial charge in [-0.25, -0.2) is 0 Å². The molecule has 2 rings (SSSR count). The maximum Gasteiger partial charge on any atom is 0.124 e. The van der Waals surface area contributed by atoms with E-state index in [1.165, 1.54) is 5.56 Å². The third-order valence-corrected chi connectivity index (χ3v) is 3.65. The first-order valence-electron chi connectivity index (χ1n) is 5.56. The van der Waals surface area contributed by atoms with Crippen LogP contribution in [0.4, 0.5) is 0 Å². The molecule has 0 spiro atoms. The summed E-state index contributed by atoms with van der Waals surface area (Å²) < 4.78 is 5.36. The van der Waals surface area contributed by atoms with Crippen LogP contribution in [0.2, 0.25) is 0 Å². The molecule has 0 fully saturated rings. The molecule has 0 aliphatic rings. The van der Waals surface area contributed by atoms with Crippen molar-refractivity contribution in [3.63, 3.8) is 0 Å². The second-order valence-electron chi connectivity index (χ2n) is 4.22. The average molecular weight is 247 g/mol. The lowest BCUT2D eigenvalue weighted by Crippen LogP contribution is -2.11. The van der Waals surface area contributed by atoms with E-state index in [1.807, 2.05) is 0 Å². The van der Waals surface area contributed by atoms with Crippen LogP contribution in [0.3, 0.4) is 0 Å². The van der Waals surface area contributed by atoms with Crippen molar-refractivity contribution in [3.8, 4) is 5.75 Å². The van der Waals surface area contributed by atoms with Crippen LogP contribution in [-0.4, -0.2) is 7.11 Å². The molecular weight excluding hydrogens is 230 g/mol. The Morgan fingerprint density at radius 3 is 2.29 bits per heavy atom. The minimum absolute atomic E-state index is 0.0513. The third kappa shape index (κ3) is 2.35. The number of thiophene rings is 1. The van der Waals surface area contributed by atoms with Gasteiger partial charge < -0.3 is 10.5 Å². The molecule has 0 aliphatic carbocycles. The maximum atomic E-state index is 6.26. The lowest BCUT2D eigenvalue weighted by molar-refractivity contribution is 0.408. The summed E-state index contributed by atoms with van der Waals surface area (Å²) in [6.45, 7) is 4.10. The Hall–Kier alpha value is -1.32. The molecule has 0 bridgehead atoms. The van der Waals surface area contributed by atoms with Gasteiger partial charge in [-0.05, 0) is 52.9 Å². The van der Waals surface area contributed by atoms with Crippen LogP contribution in [-0.2, 0) is 0 Å². The number of benzene rings is 1. The second-order valence-corrected chi connectivity index (χ2v) is 5.00. The van der Waals surface area contributed by atoms with Crippen molar-refractivity contribution in [1.82, 2.24) is 0 Å². The van der Waals surface area contributed by atoms with Gasteiger partial charge in [0.05, 0.1) is 13.2 Å². The van der Waals surface area contributed by atoms with Gasteiger partial charge in [-0.3, -0.25) is 0 Å². The highest BCUT2D eigenvalue weighted by Gasteiger charge is 2.12. The predicted molar refractivity (Wildman–Crippen MR) is 72.8 cm³/mol. The highest BCUT2D eigenvalue weighted by molar-refractivity contribution is 7.08. The minimum Gasteiger partial charge on any atom is -0.496 e. The van der Waals surface area contributed by atoms with Crippen LogP contribution in [0, 0.1) is 13.8 Å². The Balaban J connectivity index is 2.40. The van der Waals surface area contributed by atoms with Crippen molar-refractivity contribution >= 4 is 11.3 Å². The number of ether oxygens (including phenoxy) is 1. The monoisotopic (exact) mass is 247 g/mol. The van der Waals surface area contributed by atoms with Crippen LogP contribution in [0.5, 0.6) is 5.75 Å². The maximum absolute atomic E-state index is 6.26. The zero-order valence-electron chi connectivity index (χ0n) is 10.4. The predicted octanol–water partition coefficient (Wildman–Crippen LogP) is 3.42. The van der Waals surface area contributed by atoms with Crippen molar-refractivity contribution in [2.45, 2.75) is 19.9 Å². The lowest BCUT2D eigenvalue weighted by atomic mass is 9.97. The first kappa shape index (κ1) is 12.1. The number of methoxy groups -OCH3 is 1. The van der Waals surface area contributed by atoms with E-state index in [0.29, 0.717) is 0 Å².